The van der Waals surface area contributed by atoms with Crippen LogP contribution in [0.3, 0.4) is 0 Å². The van der Waals surface area contributed by atoms with E-state index < -0.39 is 47.7 Å². The van der Waals surface area contributed by atoms with Crippen molar-refractivity contribution in [1.82, 2.24) is 15.4 Å². The highest BCUT2D eigenvalue weighted by Gasteiger charge is 2.36. The highest BCUT2D eigenvalue weighted by molar-refractivity contribution is 6.02. The molecule has 2 saturated heterocycles. The van der Waals surface area contributed by atoms with Gasteiger partial charge in [0.05, 0.1) is 0 Å². The van der Waals surface area contributed by atoms with Crippen LogP contribution in [-0.4, -0.2) is 64.4 Å². The van der Waals surface area contributed by atoms with E-state index in [1.165, 1.54) is 0 Å². The smallest absolute Gasteiger partial charge is 0.407 e. The van der Waals surface area contributed by atoms with Gasteiger partial charge >= 0.3 is 18.0 Å². The van der Waals surface area contributed by atoms with Gasteiger partial charge in [0.2, 0.25) is 0 Å². The highest BCUT2D eigenvalue weighted by atomic mass is 16.7. The summed E-state index contributed by atoms with van der Waals surface area (Å²) in [5.41, 5.74) is 4.14. The highest BCUT2D eigenvalue weighted by Crippen LogP contribution is 2.44. The van der Waals surface area contributed by atoms with Crippen molar-refractivity contribution in [3.63, 3.8) is 0 Å². The van der Waals surface area contributed by atoms with Gasteiger partial charge in [0.25, 0.3) is 23.6 Å². The van der Waals surface area contributed by atoms with E-state index in [1.54, 1.807) is 0 Å². The maximum atomic E-state index is 13.0. The Morgan fingerprint density at radius 2 is 1.25 bits per heavy atom. The molecule has 13 nitrogen and oxygen atoms in total. The average Bonchev–Trinajstić information content (AvgIpc) is 3.63. The summed E-state index contributed by atoms with van der Waals surface area (Å²) >= 11 is 0. The normalized spacial score (nSPS) is 16.5. The van der Waals surface area contributed by atoms with E-state index in [0.717, 1.165) is 22.3 Å². The Balaban J connectivity index is 1.15. The topological polar surface area (TPSA) is 166 Å². The number of ether oxygens (including phenoxy) is 1. The maximum absolute atomic E-state index is 13.0. The quantitative estimate of drug-likeness (QED) is 0.281. The lowest BCUT2D eigenvalue weighted by Crippen LogP contribution is -2.45. The molecule has 5 amide bonds. The van der Waals surface area contributed by atoms with Crippen LogP contribution in [0.1, 0.15) is 74.8 Å². The van der Waals surface area contributed by atoms with Crippen LogP contribution in [0.4, 0.5) is 4.79 Å². The molecule has 2 aliphatic heterocycles. The molecule has 1 atom stereocenters. The van der Waals surface area contributed by atoms with Gasteiger partial charge in [-0.1, -0.05) is 61.4 Å². The number of hydrogen-bond acceptors (Lipinski definition) is 10. The number of benzene rings is 2. The van der Waals surface area contributed by atoms with E-state index in [1.807, 2.05) is 48.5 Å². The molecular weight excluding hydrogens is 574 g/mol. The molecular formula is C31H31N3O10. The fourth-order valence-corrected chi connectivity index (χ4v) is 5.44. The molecule has 13 heteroatoms. The first kappa shape index (κ1) is 30.4. The van der Waals surface area contributed by atoms with Crippen molar-refractivity contribution in [2.75, 3.05) is 6.61 Å². The number of carbonyl (C=O) groups is 7. The summed E-state index contributed by atoms with van der Waals surface area (Å²) in [7, 11) is 0. The van der Waals surface area contributed by atoms with Crippen LogP contribution < -0.4 is 5.32 Å². The van der Waals surface area contributed by atoms with Crippen LogP contribution >= 0.6 is 0 Å². The van der Waals surface area contributed by atoms with Crippen LogP contribution in [0, 0.1) is 0 Å². The molecule has 1 aliphatic carbocycles. The number of hydrogen-bond donors (Lipinski definition) is 1. The van der Waals surface area contributed by atoms with E-state index in [2.05, 4.69) is 5.32 Å². The van der Waals surface area contributed by atoms with Crippen molar-refractivity contribution in [2.45, 2.75) is 69.7 Å². The number of alkyl carbamates (subject to hydrolysis) is 1. The second-order valence-electron chi connectivity index (χ2n) is 10.7. The predicted molar refractivity (Wildman–Crippen MR) is 149 cm³/mol. The van der Waals surface area contributed by atoms with Crippen molar-refractivity contribution in [1.29, 1.82) is 0 Å². The SMILES string of the molecule is O=C(CCCCCC(NC(=O)OCC1c2ccccc2-c2ccccc21)C(=O)ON1C(=O)CCC1=O)ON1C(=O)CCC1=O. The Morgan fingerprint density at radius 1 is 0.727 bits per heavy atom. The second kappa shape index (κ2) is 13.5. The molecule has 5 rings (SSSR count). The minimum Gasteiger partial charge on any atom is -0.449 e. The third-order valence-electron chi connectivity index (χ3n) is 7.68. The van der Waals surface area contributed by atoms with Gasteiger partial charge in [-0.3, -0.25) is 19.2 Å². The first-order valence-corrected chi connectivity index (χ1v) is 14.5. The molecule has 1 N–H and O–H groups in total. The number of fused-ring (bicyclic) bond motifs is 3. The summed E-state index contributed by atoms with van der Waals surface area (Å²) in [5, 5.41) is 3.38. The van der Waals surface area contributed by atoms with Crippen LogP contribution in [-0.2, 0) is 43.2 Å². The Morgan fingerprint density at radius 3 is 1.82 bits per heavy atom. The third kappa shape index (κ3) is 6.77. The Bertz CT molecular complexity index is 1430. The number of carbonyl (C=O) groups excluding carboxylic acids is 7. The van der Waals surface area contributed by atoms with Crippen LogP contribution in [0.25, 0.3) is 11.1 Å². The lowest BCUT2D eigenvalue weighted by molar-refractivity contribution is -0.199. The number of imide groups is 2. The van der Waals surface area contributed by atoms with Gasteiger partial charge in [-0.15, -0.1) is 10.1 Å². The molecule has 0 spiro atoms. The molecule has 0 aromatic heterocycles. The maximum Gasteiger partial charge on any atom is 0.407 e. The molecule has 0 radical (unpaired) electrons. The molecule has 0 saturated carbocycles. The Labute approximate surface area is 252 Å². The Hall–Kier alpha value is -5.07. The lowest BCUT2D eigenvalue weighted by atomic mass is 9.98. The van der Waals surface area contributed by atoms with Crippen LogP contribution in [0.5, 0.6) is 0 Å². The van der Waals surface area contributed by atoms with E-state index in [9.17, 15) is 33.6 Å². The molecule has 0 bridgehead atoms. The summed E-state index contributed by atoms with van der Waals surface area (Å²) in [6.07, 6.45) is -0.0248. The van der Waals surface area contributed by atoms with Crippen molar-refractivity contribution in [3.05, 3.63) is 59.7 Å². The standard InChI is InChI=1S/C31H31N3O10/c35-25-14-15-26(36)33(25)43-29(39)13-3-1-2-12-24(30(40)44-34-27(37)16-17-28(34)38)32-31(41)42-18-23-21-10-6-4-8-19(21)20-9-5-7-11-22(20)23/h4-11,23-24H,1-3,12-18H2,(H,32,41). The first-order chi connectivity index (χ1) is 21.2. The van der Waals surface area contributed by atoms with E-state index in [0.29, 0.717) is 29.4 Å². The zero-order chi connectivity index (χ0) is 31.2. The summed E-state index contributed by atoms with van der Waals surface area (Å²) in [6.45, 7) is 0.00879. The first-order valence-electron chi connectivity index (χ1n) is 14.5. The van der Waals surface area contributed by atoms with E-state index in [4.69, 9.17) is 14.4 Å². The molecule has 2 aromatic rings. The van der Waals surface area contributed by atoms with Gasteiger partial charge in [0, 0.05) is 38.0 Å². The van der Waals surface area contributed by atoms with E-state index >= 15 is 0 Å². The van der Waals surface area contributed by atoms with Gasteiger partial charge in [0.15, 0.2) is 0 Å². The largest absolute Gasteiger partial charge is 0.449 e. The fourth-order valence-electron chi connectivity index (χ4n) is 5.44. The summed E-state index contributed by atoms with van der Waals surface area (Å²) in [4.78, 5) is 94.9. The molecule has 2 aromatic carbocycles. The van der Waals surface area contributed by atoms with Crippen molar-refractivity contribution in [2.24, 2.45) is 0 Å². The Kier molecular flexibility index (Phi) is 9.32. The monoisotopic (exact) mass is 605 g/mol. The van der Waals surface area contributed by atoms with Gasteiger partial charge in [-0.25, -0.2) is 14.4 Å². The van der Waals surface area contributed by atoms with E-state index in [-0.39, 0.29) is 51.0 Å². The van der Waals surface area contributed by atoms with Crippen LogP contribution in [0.15, 0.2) is 48.5 Å². The molecule has 2 heterocycles. The minimum atomic E-state index is -1.25. The number of hydroxylamine groups is 4. The molecule has 44 heavy (non-hydrogen) atoms. The molecule has 3 aliphatic rings. The summed E-state index contributed by atoms with van der Waals surface area (Å²) < 4.78 is 5.55. The fraction of sp³-hybridized carbons (Fsp3) is 0.387. The number of rotatable bonds is 12. The molecule has 1 unspecified atom stereocenters. The van der Waals surface area contributed by atoms with Crippen LogP contribution in [0.2, 0.25) is 0 Å². The molecule has 2 fully saturated rings. The zero-order valence-electron chi connectivity index (χ0n) is 23.8. The number of nitrogens with zero attached hydrogens (tertiary/aromatic N) is 2. The van der Waals surface area contributed by atoms with Gasteiger partial charge in [-0.2, -0.15) is 0 Å². The van der Waals surface area contributed by atoms with Crippen molar-refractivity contribution in [3.8, 4) is 11.1 Å². The van der Waals surface area contributed by atoms with Gasteiger partial charge < -0.3 is 19.7 Å². The average molecular weight is 606 g/mol. The number of amides is 5. The number of nitrogens with one attached hydrogen (secondary N) is 1. The zero-order valence-corrected chi connectivity index (χ0v) is 23.8. The second-order valence-corrected chi connectivity index (χ2v) is 10.7. The summed E-state index contributed by atoms with van der Waals surface area (Å²) in [6, 6.07) is 14.4. The van der Waals surface area contributed by atoms with Gasteiger partial charge in [0.1, 0.15) is 12.6 Å². The minimum absolute atomic E-state index is 0.00506. The van der Waals surface area contributed by atoms with Crippen molar-refractivity contribution >= 4 is 41.7 Å². The third-order valence-corrected chi connectivity index (χ3v) is 7.68. The summed E-state index contributed by atoms with van der Waals surface area (Å²) in [5.74, 6) is -4.41. The molecule has 230 valence electrons. The van der Waals surface area contributed by atoms with Crippen molar-refractivity contribution < 1.29 is 48.0 Å². The van der Waals surface area contributed by atoms with Gasteiger partial charge in [-0.05, 0) is 35.1 Å². The predicted octanol–water partition coefficient (Wildman–Crippen LogP) is 3.06. The number of unbranched alkanes of at least 4 members (excludes halogenated alkanes) is 2. The lowest BCUT2D eigenvalue weighted by Gasteiger charge is -2.21.